The molecule has 0 spiro atoms. The van der Waals surface area contributed by atoms with Crippen molar-refractivity contribution in [3.63, 3.8) is 0 Å². The molecule has 1 aromatic heterocycles. The van der Waals surface area contributed by atoms with Crippen LogP contribution in [-0.4, -0.2) is 19.2 Å². The first kappa shape index (κ1) is 17.9. The fourth-order valence-corrected chi connectivity index (χ4v) is 3.63. The van der Waals surface area contributed by atoms with Crippen LogP contribution in [0, 0.1) is 6.92 Å². The maximum atomic E-state index is 12.5. The predicted octanol–water partition coefficient (Wildman–Crippen LogP) is 3.77. The summed E-state index contributed by atoms with van der Waals surface area (Å²) in [5.74, 6) is 0.193. The van der Waals surface area contributed by atoms with E-state index in [1.807, 2.05) is 6.92 Å². The number of aryl methyl sites for hydroxylation is 1. The van der Waals surface area contributed by atoms with Crippen molar-refractivity contribution in [2.24, 2.45) is 0 Å². The first-order chi connectivity index (χ1) is 13.4. The van der Waals surface area contributed by atoms with Crippen molar-refractivity contribution in [3.05, 3.63) is 89.4 Å². The largest absolute Gasteiger partial charge is 0.452 e. The highest BCUT2D eigenvalue weighted by atomic mass is 32.2. The molecule has 0 saturated heterocycles. The predicted molar refractivity (Wildman–Crippen MR) is 103 cm³/mol. The molecule has 4 rings (SSSR count). The molecule has 1 aliphatic heterocycles. The Morgan fingerprint density at radius 1 is 1.00 bits per heavy atom. The van der Waals surface area contributed by atoms with Gasteiger partial charge in [0.1, 0.15) is 16.4 Å². The second-order valence-electron chi connectivity index (χ2n) is 6.23. The summed E-state index contributed by atoms with van der Waals surface area (Å²) >= 11 is 0. The van der Waals surface area contributed by atoms with Gasteiger partial charge in [-0.25, -0.2) is 0 Å². The maximum Gasteiger partial charge on any atom is 0.339 e. The van der Waals surface area contributed by atoms with E-state index in [4.69, 9.17) is 8.92 Å². The van der Waals surface area contributed by atoms with Crippen LogP contribution < -0.4 is 8.92 Å². The Hall–Kier alpha value is -3.45. The molecule has 28 heavy (non-hydrogen) atoms. The lowest BCUT2D eigenvalue weighted by atomic mass is 10.1. The molecule has 0 amide bonds. The molecule has 1 aliphatic rings. The molecule has 2 heterocycles. The smallest absolute Gasteiger partial charge is 0.339 e. The van der Waals surface area contributed by atoms with Crippen molar-refractivity contribution in [1.82, 2.24) is 4.98 Å². The topological polar surface area (TPSA) is 82.6 Å². The van der Waals surface area contributed by atoms with Crippen LogP contribution in [0.4, 0.5) is 0 Å². The van der Waals surface area contributed by atoms with Crippen molar-refractivity contribution in [1.29, 1.82) is 0 Å². The summed E-state index contributed by atoms with van der Waals surface area (Å²) in [5, 5.41) is 0. The molecule has 140 valence electrons. The summed E-state index contributed by atoms with van der Waals surface area (Å²) in [4.78, 5) is 16.5. The normalized spacial score (nSPS) is 14.6. The third kappa shape index (κ3) is 3.52. The standard InChI is InChI=1S/C21H15NO5S/c1-14-2-5-17(6-3-14)28(24,25)27-16-4-7-18-19(13-16)26-20(21(18)23)12-15-8-10-22-11-9-15/h2-13H,1H3. The molecule has 3 aromatic rings. The Labute approximate surface area is 162 Å². The Morgan fingerprint density at radius 2 is 1.71 bits per heavy atom. The van der Waals surface area contributed by atoms with Gasteiger partial charge in [0.2, 0.25) is 5.78 Å². The second-order valence-corrected chi connectivity index (χ2v) is 7.78. The van der Waals surface area contributed by atoms with E-state index in [1.165, 1.54) is 30.3 Å². The van der Waals surface area contributed by atoms with Crippen LogP contribution >= 0.6 is 0 Å². The van der Waals surface area contributed by atoms with Crippen molar-refractivity contribution in [2.75, 3.05) is 0 Å². The number of carbonyl (C=O) groups excluding carboxylic acids is 1. The fraction of sp³-hybridized carbons (Fsp3) is 0.0476. The quantitative estimate of drug-likeness (QED) is 0.496. The van der Waals surface area contributed by atoms with Crippen LogP contribution in [0.3, 0.4) is 0 Å². The minimum absolute atomic E-state index is 0.0499. The Kier molecular flexibility index (Phi) is 4.44. The van der Waals surface area contributed by atoms with Crippen LogP contribution in [0.5, 0.6) is 11.5 Å². The van der Waals surface area contributed by atoms with Gasteiger partial charge in [-0.15, -0.1) is 0 Å². The first-order valence-electron chi connectivity index (χ1n) is 8.42. The molecule has 0 radical (unpaired) electrons. The number of pyridine rings is 1. The third-order valence-corrected chi connectivity index (χ3v) is 5.42. The maximum absolute atomic E-state index is 12.5. The molecule has 0 saturated carbocycles. The number of carbonyl (C=O) groups is 1. The van der Waals surface area contributed by atoms with E-state index in [0.717, 1.165) is 11.1 Å². The lowest BCUT2D eigenvalue weighted by Crippen LogP contribution is -2.09. The molecule has 0 fully saturated rings. The molecule has 6 nitrogen and oxygen atoms in total. The summed E-state index contributed by atoms with van der Waals surface area (Å²) in [6.45, 7) is 1.86. The summed E-state index contributed by atoms with van der Waals surface area (Å²) in [7, 11) is -3.99. The van der Waals surface area contributed by atoms with Gasteiger partial charge in [-0.3, -0.25) is 9.78 Å². The number of rotatable bonds is 4. The summed E-state index contributed by atoms with van der Waals surface area (Å²) < 4.78 is 35.7. The molecule has 0 unspecified atom stereocenters. The molecule has 0 aliphatic carbocycles. The zero-order valence-corrected chi connectivity index (χ0v) is 15.6. The van der Waals surface area contributed by atoms with Gasteiger partial charge in [-0.1, -0.05) is 17.7 Å². The van der Waals surface area contributed by atoms with E-state index in [1.54, 1.807) is 42.7 Å². The van der Waals surface area contributed by atoms with E-state index < -0.39 is 10.1 Å². The number of nitrogens with zero attached hydrogens (tertiary/aromatic N) is 1. The second kappa shape index (κ2) is 6.94. The number of Topliss-reactive ketones (excluding diaryl/α,β-unsaturated/α-hetero) is 1. The van der Waals surface area contributed by atoms with Crippen LogP contribution in [-0.2, 0) is 10.1 Å². The van der Waals surface area contributed by atoms with Crippen LogP contribution in [0.25, 0.3) is 6.08 Å². The lowest BCUT2D eigenvalue weighted by Gasteiger charge is -2.08. The zero-order valence-electron chi connectivity index (χ0n) is 14.8. The minimum Gasteiger partial charge on any atom is -0.452 e. The monoisotopic (exact) mass is 393 g/mol. The van der Waals surface area contributed by atoms with Crippen LogP contribution in [0.1, 0.15) is 21.5 Å². The molecule has 2 aromatic carbocycles. The van der Waals surface area contributed by atoms with Gasteiger partial charge in [0.25, 0.3) is 0 Å². The highest BCUT2D eigenvalue weighted by Gasteiger charge is 2.28. The number of aromatic nitrogens is 1. The summed E-state index contributed by atoms with van der Waals surface area (Å²) in [5.41, 5.74) is 2.06. The number of benzene rings is 2. The number of allylic oxidation sites excluding steroid dienone is 1. The Morgan fingerprint density at radius 3 is 2.43 bits per heavy atom. The van der Waals surface area contributed by atoms with Crippen LogP contribution in [0.2, 0.25) is 0 Å². The molecular weight excluding hydrogens is 378 g/mol. The van der Waals surface area contributed by atoms with E-state index in [-0.39, 0.29) is 27.9 Å². The Balaban J connectivity index is 1.60. The SMILES string of the molecule is Cc1ccc(S(=O)(=O)Oc2ccc3c(c2)OC(=Cc2ccncc2)C3=O)cc1. The van der Waals surface area contributed by atoms with Crippen molar-refractivity contribution in [3.8, 4) is 11.5 Å². The van der Waals surface area contributed by atoms with Gasteiger partial charge in [-0.05, 0) is 55.0 Å². The van der Waals surface area contributed by atoms with Gasteiger partial charge in [0.05, 0.1) is 5.56 Å². The Bertz CT molecular complexity index is 1180. The summed E-state index contributed by atoms with van der Waals surface area (Å²) in [6.07, 6.45) is 4.83. The zero-order chi connectivity index (χ0) is 19.7. The first-order valence-corrected chi connectivity index (χ1v) is 9.83. The van der Waals surface area contributed by atoms with Gasteiger partial charge < -0.3 is 8.92 Å². The van der Waals surface area contributed by atoms with Gasteiger partial charge in [0.15, 0.2) is 5.76 Å². The van der Waals surface area contributed by atoms with E-state index >= 15 is 0 Å². The van der Waals surface area contributed by atoms with E-state index in [0.29, 0.717) is 5.56 Å². The van der Waals surface area contributed by atoms with Gasteiger partial charge >= 0.3 is 10.1 Å². The summed E-state index contributed by atoms with van der Waals surface area (Å²) in [6, 6.07) is 14.2. The molecule has 0 bridgehead atoms. The fourth-order valence-electron chi connectivity index (χ4n) is 2.71. The molecule has 0 atom stereocenters. The molecule has 7 heteroatoms. The highest BCUT2D eigenvalue weighted by molar-refractivity contribution is 7.87. The van der Waals surface area contributed by atoms with Gasteiger partial charge in [-0.2, -0.15) is 8.42 Å². The number of ketones is 1. The number of hydrogen-bond donors (Lipinski definition) is 0. The lowest BCUT2D eigenvalue weighted by molar-refractivity contribution is 0.101. The third-order valence-electron chi connectivity index (χ3n) is 4.16. The number of fused-ring (bicyclic) bond motifs is 1. The number of hydrogen-bond acceptors (Lipinski definition) is 6. The number of ether oxygens (including phenoxy) is 1. The van der Waals surface area contributed by atoms with E-state index in [2.05, 4.69) is 4.98 Å². The van der Waals surface area contributed by atoms with Crippen molar-refractivity contribution < 1.29 is 22.1 Å². The average Bonchev–Trinajstić information content (AvgIpc) is 2.97. The molecular formula is C21H15NO5S. The van der Waals surface area contributed by atoms with E-state index in [9.17, 15) is 13.2 Å². The minimum atomic E-state index is -3.99. The van der Waals surface area contributed by atoms with Crippen molar-refractivity contribution in [2.45, 2.75) is 11.8 Å². The van der Waals surface area contributed by atoms with Gasteiger partial charge in [0, 0.05) is 18.5 Å². The average molecular weight is 393 g/mol. The van der Waals surface area contributed by atoms with Crippen molar-refractivity contribution >= 4 is 22.0 Å². The van der Waals surface area contributed by atoms with Crippen LogP contribution in [0.15, 0.2) is 77.6 Å². The molecule has 0 N–H and O–H groups in total. The highest BCUT2D eigenvalue weighted by Crippen LogP contribution is 2.35.